The summed E-state index contributed by atoms with van der Waals surface area (Å²) >= 11 is 0. The van der Waals surface area contributed by atoms with Crippen molar-refractivity contribution < 1.29 is 4.52 Å². The number of aromatic nitrogens is 2. The average molecular weight is 245 g/mol. The fourth-order valence-electron chi connectivity index (χ4n) is 1.83. The molecular formula is C14H19N3O. The summed E-state index contributed by atoms with van der Waals surface area (Å²) in [5, 5.41) is 7.05. The zero-order valence-electron chi connectivity index (χ0n) is 10.7. The molecule has 1 N–H and O–H groups in total. The van der Waals surface area contributed by atoms with Gasteiger partial charge in [-0.3, -0.25) is 0 Å². The van der Waals surface area contributed by atoms with Crippen molar-refractivity contribution in [3.63, 3.8) is 0 Å². The normalized spacial score (nSPS) is 10.7. The molecule has 0 aliphatic heterocycles. The Morgan fingerprint density at radius 1 is 1.17 bits per heavy atom. The standard InChI is InChI=1S/C14H19N3O/c1-12-16-14(18-17-12)11-15-10-6-5-9-13-7-3-2-4-8-13/h2-4,7-8,15H,5-6,9-11H2,1H3. The number of rotatable bonds is 7. The van der Waals surface area contributed by atoms with Crippen LogP contribution in [0.25, 0.3) is 0 Å². The molecule has 96 valence electrons. The second kappa shape index (κ2) is 6.91. The van der Waals surface area contributed by atoms with Crippen LogP contribution in [0.3, 0.4) is 0 Å². The number of hydrogen-bond acceptors (Lipinski definition) is 4. The first-order valence-electron chi connectivity index (χ1n) is 6.38. The highest BCUT2D eigenvalue weighted by Crippen LogP contribution is 2.04. The zero-order valence-corrected chi connectivity index (χ0v) is 10.7. The molecule has 2 rings (SSSR count). The van der Waals surface area contributed by atoms with Crippen LogP contribution in [-0.2, 0) is 13.0 Å². The van der Waals surface area contributed by atoms with Gasteiger partial charge in [0.1, 0.15) is 0 Å². The topological polar surface area (TPSA) is 51.0 Å². The lowest BCUT2D eigenvalue weighted by Crippen LogP contribution is -2.15. The summed E-state index contributed by atoms with van der Waals surface area (Å²) in [7, 11) is 0. The average Bonchev–Trinajstić information content (AvgIpc) is 2.81. The molecule has 0 amide bonds. The van der Waals surface area contributed by atoms with Crippen molar-refractivity contribution >= 4 is 0 Å². The van der Waals surface area contributed by atoms with Gasteiger partial charge in [0, 0.05) is 0 Å². The van der Waals surface area contributed by atoms with E-state index >= 15 is 0 Å². The maximum Gasteiger partial charge on any atom is 0.240 e. The van der Waals surface area contributed by atoms with Gasteiger partial charge in [-0.1, -0.05) is 35.5 Å². The molecule has 0 saturated heterocycles. The molecule has 1 aromatic carbocycles. The van der Waals surface area contributed by atoms with Gasteiger partial charge in [-0.15, -0.1) is 0 Å². The van der Waals surface area contributed by atoms with Gasteiger partial charge in [-0.05, 0) is 38.3 Å². The summed E-state index contributed by atoms with van der Waals surface area (Å²) in [6.07, 6.45) is 3.49. The summed E-state index contributed by atoms with van der Waals surface area (Å²) in [6.45, 7) is 3.47. The van der Waals surface area contributed by atoms with E-state index in [2.05, 4.69) is 45.8 Å². The molecule has 4 heteroatoms. The van der Waals surface area contributed by atoms with E-state index in [4.69, 9.17) is 4.52 Å². The molecule has 0 aliphatic rings. The minimum absolute atomic E-state index is 0.659. The smallest absolute Gasteiger partial charge is 0.240 e. The highest BCUT2D eigenvalue weighted by Gasteiger charge is 2.00. The Kier molecular flexibility index (Phi) is 4.90. The van der Waals surface area contributed by atoms with Crippen LogP contribution in [-0.4, -0.2) is 16.7 Å². The minimum atomic E-state index is 0.659. The Balaban J connectivity index is 1.54. The van der Waals surface area contributed by atoms with Gasteiger partial charge in [0.2, 0.25) is 5.89 Å². The second-order valence-corrected chi connectivity index (χ2v) is 4.35. The number of unbranched alkanes of at least 4 members (excludes halogenated alkanes) is 1. The number of hydrogen-bond donors (Lipinski definition) is 1. The third-order valence-electron chi connectivity index (χ3n) is 2.76. The van der Waals surface area contributed by atoms with E-state index in [1.807, 2.05) is 6.92 Å². The van der Waals surface area contributed by atoms with Crippen LogP contribution in [0.4, 0.5) is 0 Å². The van der Waals surface area contributed by atoms with Gasteiger partial charge in [0.15, 0.2) is 5.82 Å². The van der Waals surface area contributed by atoms with Crippen LogP contribution in [0.1, 0.15) is 30.1 Å². The minimum Gasteiger partial charge on any atom is -0.338 e. The second-order valence-electron chi connectivity index (χ2n) is 4.35. The predicted octanol–water partition coefficient (Wildman–Crippen LogP) is 2.49. The third-order valence-corrected chi connectivity index (χ3v) is 2.76. The third kappa shape index (κ3) is 4.30. The molecule has 0 spiro atoms. The molecule has 0 bridgehead atoms. The van der Waals surface area contributed by atoms with Gasteiger partial charge in [-0.25, -0.2) is 0 Å². The van der Waals surface area contributed by atoms with Crippen LogP contribution < -0.4 is 5.32 Å². The maximum absolute atomic E-state index is 5.02. The summed E-state index contributed by atoms with van der Waals surface area (Å²) in [4.78, 5) is 4.14. The first-order valence-corrected chi connectivity index (χ1v) is 6.38. The number of nitrogens with zero attached hydrogens (tertiary/aromatic N) is 2. The van der Waals surface area contributed by atoms with Crippen molar-refractivity contribution in [1.29, 1.82) is 0 Å². The molecule has 0 aliphatic carbocycles. The lowest BCUT2D eigenvalue weighted by atomic mass is 10.1. The van der Waals surface area contributed by atoms with E-state index < -0.39 is 0 Å². The zero-order chi connectivity index (χ0) is 12.6. The van der Waals surface area contributed by atoms with Gasteiger partial charge in [-0.2, -0.15) is 4.98 Å². The van der Waals surface area contributed by atoms with E-state index in [1.54, 1.807) is 0 Å². The molecule has 1 aromatic heterocycles. The van der Waals surface area contributed by atoms with Crippen molar-refractivity contribution in [2.24, 2.45) is 0 Å². The molecule has 0 saturated carbocycles. The maximum atomic E-state index is 5.02. The van der Waals surface area contributed by atoms with E-state index in [0.29, 0.717) is 18.3 Å². The highest BCUT2D eigenvalue weighted by atomic mass is 16.5. The number of nitrogens with one attached hydrogen (secondary N) is 1. The Labute approximate surface area is 107 Å². The van der Waals surface area contributed by atoms with Crippen LogP contribution in [0.5, 0.6) is 0 Å². The van der Waals surface area contributed by atoms with E-state index in [9.17, 15) is 0 Å². The molecule has 1 heterocycles. The lowest BCUT2D eigenvalue weighted by molar-refractivity contribution is 0.364. The first-order chi connectivity index (χ1) is 8.84. The Hall–Kier alpha value is -1.68. The molecule has 0 unspecified atom stereocenters. The lowest BCUT2D eigenvalue weighted by Gasteiger charge is -2.02. The summed E-state index contributed by atoms with van der Waals surface area (Å²) in [6, 6.07) is 10.6. The molecule has 4 nitrogen and oxygen atoms in total. The van der Waals surface area contributed by atoms with Crippen LogP contribution in [0.2, 0.25) is 0 Å². The van der Waals surface area contributed by atoms with Crippen LogP contribution in [0, 0.1) is 6.92 Å². The van der Waals surface area contributed by atoms with Gasteiger partial charge < -0.3 is 9.84 Å². The Morgan fingerprint density at radius 3 is 2.72 bits per heavy atom. The molecule has 0 fully saturated rings. The number of benzene rings is 1. The van der Waals surface area contributed by atoms with Gasteiger partial charge >= 0.3 is 0 Å². The summed E-state index contributed by atoms with van der Waals surface area (Å²) in [5.41, 5.74) is 1.41. The van der Waals surface area contributed by atoms with Crippen molar-refractivity contribution in [1.82, 2.24) is 15.5 Å². The molecule has 0 atom stereocenters. The molecular weight excluding hydrogens is 226 g/mol. The first kappa shape index (κ1) is 12.8. The van der Waals surface area contributed by atoms with E-state index in [-0.39, 0.29) is 0 Å². The summed E-state index contributed by atoms with van der Waals surface area (Å²) in [5.74, 6) is 1.35. The Bertz CT molecular complexity index is 453. The van der Waals surface area contributed by atoms with E-state index in [1.165, 1.54) is 12.0 Å². The van der Waals surface area contributed by atoms with Gasteiger partial charge in [0.25, 0.3) is 0 Å². The van der Waals surface area contributed by atoms with Gasteiger partial charge in [0.05, 0.1) is 6.54 Å². The molecule has 18 heavy (non-hydrogen) atoms. The van der Waals surface area contributed by atoms with Crippen molar-refractivity contribution in [3.05, 3.63) is 47.6 Å². The quantitative estimate of drug-likeness (QED) is 0.761. The van der Waals surface area contributed by atoms with Crippen molar-refractivity contribution in [2.45, 2.75) is 32.7 Å². The van der Waals surface area contributed by atoms with Crippen molar-refractivity contribution in [3.8, 4) is 0 Å². The monoisotopic (exact) mass is 245 g/mol. The fraction of sp³-hybridized carbons (Fsp3) is 0.429. The van der Waals surface area contributed by atoms with Crippen LogP contribution in [0.15, 0.2) is 34.9 Å². The predicted molar refractivity (Wildman–Crippen MR) is 70.1 cm³/mol. The molecule has 2 aromatic rings. The number of aryl methyl sites for hydroxylation is 2. The largest absolute Gasteiger partial charge is 0.338 e. The van der Waals surface area contributed by atoms with Crippen molar-refractivity contribution in [2.75, 3.05) is 6.54 Å². The Morgan fingerprint density at radius 2 is 2.00 bits per heavy atom. The van der Waals surface area contributed by atoms with E-state index in [0.717, 1.165) is 19.4 Å². The van der Waals surface area contributed by atoms with Crippen LogP contribution >= 0.6 is 0 Å². The SMILES string of the molecule is Cc1noc(CNCCCCc2ccccc2)n1. The highest BCUT2D eigenvalue weighted by molar-refractivity contribution is 5.14. The molecule has 0 radical (unpaired) electrons. The fourth-order valence-corrected chi connectivity index (χ4v) is 1.83. The summed E-state index contributed by atoms with van der Waals surface area (Å²) < 4.78 is 5.02.